The molecule has 5 nitrogen and oxygen atoms in total. The number of benzene rings is 1. The van der Waals surface area contributed by atoms with Gasteiger partial charge in [-0.1, -0.05) is 30.3 Å². The largest absolute Gasteiger partial charge is 0.353 e. The molecule has 3 N–H and O–H groups in total. The topological polar surface area (TPSA) is 75.4 Å². The number of hydrogen-bond donors (Lipinski definition) is 2. The van der Waals surface area contributed by atoms with Crippen molar-refractivity contribution in [3.05, 3.63) is 35.9 Å². The highest BCUT2D eigenvalue weighted by Crippen LogP contribution is 2.18. The van der Waals surface area contributed by atoms with Gasteiger partial charge in [-0.25, -0.2) is 0 Å². The van der Waals surface area contributed by atoms with Crippen molar-refractivity contribution in [3.8, 4) is 0 Å². The van der Waals surface area contributed by atoms with Crippen molar-refractivity contribution >= 4 is 11.8 Å². The lowest BCUT2D eigenvalue weighted by Gasteiger charge is -2.24. The average molecular weight is 275 g/mol. The van der Waals surface area contributed by atoms with Crippen LogP contribution in [0.1, 0.15) is 18.4 Å². The number of likely N-dealkylation sites (tertiary alicyclic amines) is 1. The molecule has 0 aromatic heterocycles. The Kier molecular flexibility index (Phi) is 5.12. The molecule has 5 heteroatoms. The van der Waals surface area contributed by atoms with Crippen molar-refractivity contribution in [1.82, 2.24) is 10.2 Å². The molecule has 2 amide bonds. The average Bonchev–Trinajstić information content (AvgIpc) is 2.95. The minimum Gasteiger partial charge on any atom is -0.353 e. The Morgan fingerprint density at radius 1 is 1.30 bits per heavy atom. The molecule has 0 unspecified atom stereocenters. The summed E-state index contributed by atoms with van der Waals surface area (Å²) in [6, 6.07) is 9.27. The first-order valence-electron chi connectivity index (χ1n) is 7.03. The Morgan fingerprint density at radius 2 is 2.05 bits per heavy atom. The first kappa shape index (κ1) is 14.5. The van der Waals surface area contributed by atoms with Crippen molar-refractivity contribution in [1.29, 1.82) is 0 Å². The second kappa shape index (κ2) is 7.05. The summed E-state index contributed by atoms with van der Waals surface area (Å²) in [5.41, 5.74) is 6.35. The highest BCUT2D eigenvalue weighted by Gasteiger charge is 2.33. The fourth-order valence-corrected chi connectivity index (χ4v) is 2.52. The summed E-state index contributed by atoms with van der Waals surface area (Å²) in [7, 11) is 0. The number of nitrogens with two attached hydrogens (primary N) is 1. The van der Waals surface area contributed by atoms with E-state index in [0.717, 1.165) is 18.4 Å². The molecule has 108 valence electrons. The van der Waals surface area contributed by atoms with Crippen LogP contribution >= 0.6 is 0 Å². The van der Waals surface area contributed by atoms with Crippen molar-refractivity contribution < 1.29 is 9.59 Å². The number of carbonyl (C=O) groups is 2. The van der Waals surface area contributed by atoms with Gasteiger partial charge in [0.1, 0.15) is 6.04 Å². The minimum absolute atomic E-state index is 0.0154. The van der Waals surface area contributed by atoms with Crippen molar-refractivity contribution in [2.24, 2.45) is 5.73 Å². The van der Waals surface area contributed by atoms with Gasteiger partial charge in [0.15, 0.2) is 0 Å². The molecule has 2 rings (SSSR count). The number of amides is 2. The number of rotatable bonds is 5. The third-order valence-corrected chi connectivity index (χ3v) is 3.52. The molecule has 0 radical (unpaired) electrons. The summed E-state index contributed by atoms with van der Waals surface area (Å²) in [5.74, 6) is -0.0732. The lowest BCUT2D eigenvalue weighted by molar-refractivity contribution is -0.137. The van der Waals surface area contributed by atoms with Gasteiger partial charge in [0, 0.05) is 19.6 Å². The Morgan fingerprint density at radius 3 is 2.75 bits per heavy atom. The van der Waals surface area contributed by atoms with E-state index in [1.165, 1.54) is 0 Å². The molecule has 1 aromatic rings. The second-order valence-electron chi connectivity index (χ2n) is 4.99. The van der Waals surface area contributed by atoms with Crippen LogP contribution in [0.3, 0.4) is 0 Å². The molecule has 0 bridgehead atoms. The molecule has 1 aliphatic rings. The number of nitrogens with one attached hydrogen (secondary N) is 1. The van der Waals surface area contributed by atoms with Gasteiger partial charge in [0.25, 0.3) is 0 Å². The van der Waals surface area contributed by atoms with E-state index in [-0.39, 0.29) is 17.9 Å². The van der Waals surface area contributed by atoms with Gasteiger partial charge in [-0.3, -0.25) is 9.59 Å². The zero-order valence-electron chi connectivity index (χ0n) is 11.5. The van der Waals surface area contributed by atoms with Crippen LogP contribution in [0.5, 0.6) is 0 Å². The molecule has 1 atom stereocenters. The van der Waals surface area contributed by atoms with Gasteiger partial charge in [-0.2, -0.15) is 0 Å². The van der Waals surface area contributed by atoms with Crippen molar-refractivity contribution in [3.63, 3.8) is 0 Å². The summed E-state index contributed by atoms with van der Waals surface area (Å²) in [5, 5.41) is 2.77. The third-order valence-electron chi connectivity index (χ3n) is 3.52. The molecule has 0 saturated carbocycles. The second-order valence-corrected chi connectivity index (χ2v) is 4.99. The fourth-order valence-electron chi connectivity index (χ4n) is 2.52. The summed E-state index contributed by atoms with van der Waals surface area (Å²) in [6.45, 7) is 1.53. The predicted octanol–water partition coefficient (Wildman–Crippen LogP) is 0.295. The van der Waals surface area contributed by atoms with Crippen LogP contribution in [0, 0.1) is 0 Å². The lowest BCUT2D eigenvalue weighted by Crippen LogP contribution is -2.47. The molecule has 1 saturated heterocycles. The Hall–Kier alpha value is -1.88. The van der Waals surface area contributed by atoms with Gasteiger partial charge in [-0.15, -0.1) is 0 Å². The van der Waals surface area contributed by atoms with E-state index in [4.69, 9.17) is 5.73 Å². The Bertz CT molecular complexity index is 461. The number of nitrogens with zero attached hydrogens (tertiary/aromatic N) is 1. The van der Waals surface area contributed by atoms with E-state index in [1.54, 1.807) is 4.90 Å². The molecule has 1 aliphatic heterocycles. The quantitative estimate of drug-likeness (QED) is 0.811. The van der Waals surface area contributed by atoms with Crippen LogP contribution in [0.15, 0.2) is 30.3 Å². The molecule has 0 aliphatic carbocycles. The molecular weight excluding hydrogens is 254 g/mol. The first-order valence-corrected chi connectivity index (χ1v) is 7.03. The van der Waals surface area contributed by atoms with Gasteiger partial charge in [0.2, 0.25) is 11.8 Å². The van der Waals surface area contributed by atoms with E-state index in [2.05, 4.69) is 5.32 Å². The predicted molar refractivity (Wildman–Crippen MR) is 76.9 cm³/mol. The summed E-state index contributed by atoms with van der Waals surface area (Å²) in [6.07, 6.45) is 1.96. The van der Waals surface area contributed by atoms with Crippen LogP contribution in [-0.4, -0.2) is 42.4 Å². The van der Waals surface area contributed by atoms with Gasteiger partial charge in [-0.05, 0) is 18.4 Å². The highest BCUT2D eigenvalue weighted by atomic mass is 16.2. The van der Waals surface area contributed by atoms with Crippen molar-refractivity contribution in [2.45, 2.75) is 25.3 Å². The Labute approximate surface area is 119 Å². The maximum Gasteiger partial charge on any atom is 0.242 e. The minimum atomic E-state index is -0.335. The van der Waals surface area contributed by atoms with Crippen molar-refractivity contribution in [2.75, 3.05) is 19.6 Å². The van der Waals surface area contributed by atoms with E-state index < -0.39 is 0 Å². The zero-order chi connectivity index (χ0) is 14.4. The Balaban J connectivity index is 1.96. The molecule has 1 fully saturated rings. The standard InChI is InChI=1S/C15H21N3O2/c16-8-9-17-15(20)13-7-4-10-18(13)14(19)11-12-5-2-1-3-6-12/h1-3,5-6,13H,4,7-11,16H2,(H,17,20)/t13-/m0/s1. The highest BCUT2D eigenvalue weighted by molar-refractivity contribution is 5.89. The summed E-state index contributed by atoms with van der Waals surface area (Å²) >= 11 is 0. The maximum atomic E-state index is 12.3. The third kappa shape index (κ3) is 3.57. The zero-order valence-corrected chi connectivity index (χ0v) is 11.5. The van der Waals surface area contributed by atoms with Gasteiger partial charge < -0.3 is 16.0 Å². The monoisotopic (exact) mass is 275 g/mol. The molecule has 1 heterocycles. The summed E-state index contributed by atoms with van der Waals surface area (Å²) in [4.78, 5) is 26.0. The van der Waals surface area contributed by atoms with Crippen LogP contribution in [0.4, 0.5) is 0 Å². The lowest BCUT2D eigenvalue weighted by atomic mass is 10.1. The number of carbonyl (C=O) groups excluding carboxylic acids is 2. The van der Waals surface area contributed by atoms with E-state index >= 15 is 0 Å². The molecular formula is C15H21N3O2. The SMILES string of the molecule is NCCNC(=O)[C@@H]1CCCN1C(=O)Cc1ccccc1. The summed E-state index contributed by atoms with van der Waals surface area (Å²) < 4.78 is 0. The molecule has 0 spiro atoms. The normalized spacial score (nSPS) is 18.1. The fraction of sp³-hybridized carbons (Fsp3) is 0.467. The van der Waals surface area contributed by atoms with Crippen LogP contribution in [0.25, 0.3) is 0 Å². The van der Waals surface area contributed by atoms with Gasteiger partial charge >= 0.3 is 0 Å². The van der Waals surface area contributed by atoms with E-state index in [9.17, 15) is 9.59 Å². The van der Waals surface area contributed by atoms with Crippen LogP contribution in [0.2, 0.25) is 0 Å². The number of hydrogen-bond acceptors (Lipinski definition) is 3. The van der Waals surface area contributed by atoms with Crippen LogP contribution in [-0.2, 0) is 16.0 Å². The molecule has 20 heavy (non-hydrogen) atoms. The molecule has 1 aromatic carbocycles. The maximum absolute atomic E-state index is 12.3. The van der Waals surface area contributed by atoms with Gasteiger partial charge in [0.05, 0.1) is 6.42 Å². The first-order chi connectivity index (χ1) is 9.72. The van der Waals surface area contributed by atoms with E-state index in [1.807, 2.05) is 30.3 Å². The smallest absolute Gasteiger partial charge is 0.242 e. The van der Waals surface area contributed by atoms with E-state index in [0.29, 0.717) is 26.1 Å². The van der Waals surface area contributed by atoms with Crippen LogP contribution < -0.4 is 11.1 Å².